The summed E-state index contributed by atoms with van der Waals surface area (Å²) in [4.78, 5) is 12.5. The maximum atomic E-state index is 12.5. The van der Waals surface area contributed by atoms with Crippen molar-refractivity contribution in [2.45, 2.75) is 20.5 Å². The van der Waals surface area contributed by atoms with Gasteiger partial charge in [-0.2, -0.15) is 0 Å². The van der Waals surface area contributed by atoms with Crippen molar-refractivity contribution in [1.29, 1.82) is 0 Å². The van der Waals surface area contributed by atoms with Crippen LogP contribution < -0.4 is 9.47 Å². The minimum Gasteiger partial charge on any atom is -0.507 e. The fourth-order valence-electron chi connectivity index (χ4n) is 2.91. The molecule has 0 atom stereocenters. The predicted octanol–water partition coefficient (Wildman–Crippen LogP) is 5.49. The lowest BCUT2D eigenvalue weighted by atomic mass is 10.0. The van der Waals surface area contributed by atoms with E-state index in [9.17, 15) is 9.90 Å². The van der Waals surface area contributed by atoms with Crippen molar-refractivity contribution < 1.29 is 19.4 Å². The van der Waals surface area contributed by atoms with Crippen LogP contribution in [0.3, 0.4) is 0 Å². The number of aryl methyl sites for hydroxylation is 2. The molecular formula is C25H24O4. The summed E-state index contributed by atoms with van der Waals surface area (Å²) in [6, 6.07) is 18.7. The van der Waals surface area contributed by atoms with E-state index >= 15 is 0 Å². The second-order valence-electron chi connectivity index (χ2n) is 6.84. The molecule has 4 heteroatoms. The van der Waals surface area contributed by atoms with Gasteiger partial charge in [0.05, 0.1) is 12.7 Å². The summed E-state index contributed by atoms with van der Waals surface area (Å²) >= 11 is 0. The molecule has 0 spiro atoms. The van der Waals surface area contributed by atoms with E-state index in [1.54, 1.807) is 31.4 Å². The zero-order chi connectivity index (χ0) is 20.8. The van der Waals surface area contributed by atoms with Gasteiger partial charge in [-0.1, -0.05) is 42.5 Å². The molecule has 0 saturated carbocycles. The predicted molar refractivity (Wildman–Crippen MR) is 115 cm³/mol. The van der Waals surface area contributed by atoms with Crippen LogP contribution >= 0.6 is 0 Å². The smallest absolute Gasteiger partial charge is 0.189 e. The second-order valence-corrected chi connectivity index (χ2v) is 6.84. The van der Waals surface area contributed by atoms with Gasteiger partial charge in [0.15, 0.2) is 17.3 Å². The zero-order valence-electron chi connectivity index (χ0n) is 16.8. The molecule has 148 valence electrons. The third-order valence-corrected chi connectivity index (χ3v) is 4.73. The molecule has 0 heterocycles. The SMILES string of the molecule is COc1ccc(/C=C/C(=O)c2cc(C)c(C)cc2O)cc1OCc1ccccc1. The van der Waals surface area contributed by atoms with Crippen molar-refractivity contribution in [2.24, 2.45) is 0 Å². The largest absolute Gasteiger partial charge is 0.507 e. The van der Waals surface area contributed by atoms with Crippen LogP contribution in [0.1, 0.15) is 32.6 Å². The average molecular weight is 388 g/mol. The number of hydrogen-bond donors (Lipinski definition) is 1. The lowest BCUT2D eigenvalue weighted by molar-refractivity contribution is 0.104. The number of carbonyl (C=O) groups excluding carboxylic acids is 1. The minimum atomic E-state index is -0.256. The molecule has 1 N–H and O–H groups in total. The summed E-state index contributed by atoms with van der Waals surface area (Å²) in [6.45, 7) is 4.22. The van der Waals surface area contributed by atoms with Crippen molar-refractivity contribution in [3.63, 3.8) is 0 Å². The number of rotatable bonds is 7. The van der Waals surface area contributed by atoms with E-state index in [0.717, 1.165) is 22.3 Å². The van der Waals surface area contributed by atoms with Crippen LogP contribution in [0.2, 0.25) is 0 Å². The fourth-order valence-corrected chi connectivity index (χ4v) is 2.91. The molecule has 0 aliphatic carbocycles. The summed E-state index contributed by atoms with van der Waals surface area (Å²) in [5, 5.41) is 10.1. The van der Waals surface area contributed by atoms with Crippen LogP contribution in [0.5, 0.6) is 17.2 Å². The lowest BCUT2D eigenvalue weighted by Crippen LogP contribution is -1.98. The highest BCUT2D eigenvalue weighted by Crippen LogP contribution is 2.30. The molecule has 0 saturated heterocycles. The second kappa shape index (κ2) is 9.11. The first-order valence-corrected chi connectivity index (χ1v) is 9.35. The third-order valence-electron chi connectivity index (χ3n) is 4.73. The topological polar surface area (TPSA) is 55.8 Å². The average Bonchev–Trinajstić information content (AvgIpc) is 2.74. The lowest BCUT2D eigenvalue weighted by Gasteiger charge is -2.11. The maximum absolute atomic E-state index is 12.5. The van der Waals surface area contributed by atoms with Crippen LogP contribution in [0.15, 0.2) is 66.7 Å². The molecule has 0 amide bonds. The van der Waals surface area contributed by atoms with Gasteiger partial charge in [0, 0.05) is 0 Å². The number of ketones is 1. The summed E-state index contributed by atoms with van der Waals surface area (Å²) in [6.07, 6.45) is 3.15. The Hall–Kier alpha value is -3.53. The van der Waals surface area contributed by atoms with Gasteiger partial charge in [0.2, 0.25) is 0 Å². The first-order chi connectivity index (χ1) is 14.0. The van der Waals surface area contributed by atoms with E-state index in [4.69, 9.17) is 9.47 Å². The van der Waals surface area contributed by atoms with Gasteiger partial charge >= 0.3 is 0 Å². The van der Waals surface area contributed by atoms with Crippen LogP contribution in [0, 0.1) is 13.8 Å². The number of ether oxygens (including phenoxy) is 2. The Bertz CT molecular complexity index is 1040. The highest BCUT2D eigenvalue weighted by Gasteiger charge is 2.11. The normalized spacial score (nSPS) is 10.9. The number of phenolic OH excluding ortho intramolecular Hbond substituents is 1. The van der Waals surface area contributed by atoms with Gasteiger partial charge in [0.25, 0.3) is 0 Å². The molecule has 0 unspecified atom stereocenters. The number of benzene rings is 3. The highest BCUT2D eigenvalue weighted by atomic mass is 16.5. The fraction of sp³-hybridized carbons (Fsp3) is 0.160. The van der Waals surface area contributed by atoms with E-state index in [1.807, 2.05) is 56.3 Å². The van der Waals surface area contributed by atoms with Gasteiger partial charge in [-0.25, -0.2) is 0 Å². The van der Waals surface area contributed by atoms with Crippen molar-refractivity contribution in [3.8, 4) is 17.2 Å². The van der Waals surface area contributed by atoms with Gasteiger partial charge < -0.3 is 14.6 Å². The Labute approximate surface area is 171 Å². The third kappa shape index (κ3) is 5.05. The molecule has 4 nitrogen and oxygen atoms in total. The highest BCUT2D eigenvalue weighted by molar-refractivity contribution is 6.08. The van der Waals surface area contributed by atoms with Gasteiger partial charge in [-0.15, -0.1) is 0 Å². The number of methoxy groups -OCH3 is 1. The zero-order valence-corrected chi connectivity index (χ0v) is 16.8. The Morgan fingerprint density at radius 1 is 0.966 bits per heavy atom. The van der Waals surface area contributed by atoms with Crippen LogP contribution in [0.25, 0.3) is 6.08 Å². The van der Waals surface area contributed by atoms with Crippen molar-refractivity contribution >= 4 is 11.9 Å². The van der Waals surface area contributed by atoms with E-state index in [0.29, 0.717) is 23.7 Å². The minimum absolute atomic E-state index is 0.00985. The summed E-state index contributed by atoms with van der Waals surface area (Å²) in [5.74, 6) is 0.953. The van der Waals surface area contributed by atoms with Crippen LogP contribution in [-0.2, 0) is 6.61 Å². The summed E-state index contributed by atoms with van der Waals surface area (Å²) in [5.41, 5.74) is 4.04. The number of phenols is 1. The number of carbonyl (C=O) groups is 1. The van der Waals surface area contributed by atoms with E-state index in [2.05, 4.69) is 0 Å². The Kier molecular flexibility index (Phi) is 6.35. The quantitative estimate of drug-likeness (QED) is 0.429. The molecule has 0 aliphatic heterocycles. The standard InChI is InChI=1S/C25H24O4/c1-17-13-21(23(27)14-18(17)2)22(26)11-9-19-10-12-24(28-3)25(15-19)29-16-20-7-5-4-6-8-20/h4-15,27H,16H2,1-3H3/b11-9+. The van der Waals surface area contributed by atoms with E-state index in [-0.39, 0.29) is 11.5 Å². The number of hydrogen-bond acceptors (Lipinski definition) is 4. The molecule has 0 bridgehead atoms. The molecule has 3 aromatic rings. The van der Waals surface area contributed by atoms with Crippen molar-refractivity contribution in [1.82, 2.24) is 0 Å². The summed E-state index contributed by atoms with van der Waals surface area (Å²) < 4.78 is 11.3. The molecule has 0 fully saturated rings. The Morgan fingerprint density at radius 2 is 1.69 bits per heavy atom. The Balaban J connectivity index is 1.78. The van der Waals surface area contributed by atoms with Gasteiger partial charge in [0.1, 0.15) is 12.4 Å². The van der Waals surface area contributed by atoms with E-state index in [1.165, 1.54) is 6.08 Å². The Morgan fingerprint density at radius 3 is 2.41 bits per heavy atom. The molecular weight excluding hydrogens is 364 g/mol. The van der Waals surface area contributed by atoms with E-state index < -0.39 is 0 Å². The van der Waals surface area contributed by atoms with Gasteiger partial charge in [-0.3, -0.25) is 4.79 Å². The summed E-state index contributed by atoms with van der Waals surface area (Å²) in [7, 11) is 1.59. The molecule has 29 heavy (non-hydrogen) atoms. The number of allylic oxidation sites excluding steroid dienone is 1. The van der Waals surface area contributed by atoms with Crippen molar-refractivity contribution in [3.05, 3.63) is 94.6 Å². The first kappa shape index (κ1) is 20.2. The monoisotopic (exact) mass is 388 g/mol. The molecule has 0 aliphatic rings. The van der Waals surface area contributed by atoms with Gasteiger partial charge in [-0.05, 0) is 66.4 Å². The number of aromatic hydroxyl groups is 1. The molecule has 3 aromatic carbocycles. The maximum Gasteiger partial charge on any atom is 0.189 e. The first-order valence-electron chi connectivity index (χ1n) is 9.35. The van der Waals surface area contributed by atoms with Crippen molar-refractivity contribution in [2.75, 3.05) is 7.11 Å². The molecule has 0 aromatic heterocycles. The molecule has 3 rings (SSSR count). The van der Waals surface area contributed by atoms with Crippen LogP contribution in [-0.4, -0.2) is 18.0 Å². The molecule has 0 radical (unpaired) electrons. The van der Waals surface area contributed by atoms with Crippen LogP contribution in [0.4, 0.5) is 0 Å².